The number of carbonyl (C=O) groups is 2. The van der Waals surface area contributed by atoms with E-state index in [2.05, 4.69) is 15.4 Å². The lowest BCUT2D eigenvalue weighted by Crippen LogP contribution is -2.48. The Morgan fingerprint density at radius 3 is 2.45 bits per heavy atom. The van der Waals surface area contributed by atoms with E-state index in [-0.39, 0.29) is 51.5 Å². The lowest BCUT2D eigenvalue weighted by molar-refractivity contribution is -0.275. The number of amides is 2. The van der Waals surface area contributed by atoms with Gasteiger partial charge in [-0.2, -0.15) is 0 Å². The van der Waals surface area contributed by atoms with Crippen molar-refractivity contribution in [1.82, 2.24) is 15.5 Å². The zero-order valence-corrected chi connectivity index (χ0v) is 25.4. The summed E-state index contributed by atoms with van der Waals surface area (Å²) in [6.45, 7) is 7.56. The van der Waals surface area contributed by atoms with Crippen LogP contribution >= 0.6 is 11.6 Å². The number of ether oxygens (including phenoxy) is 2. The van der Waals surface area contributed by atoms with Crippen LogP contribution in [0.3, 0.4) is 0 Å². The predicted octanol–water partition coefficient (Wildman–Crippen LogP) is 5.45. The van der Waals surface area contributed by atoms with Crippen LogP contribution < -0.4 is 15.4 Å². The topological polar surface area (TPSA) is 114 Å². The molecule has 42 heavy (non-hydrogen) atoms. The average Bonchev–Trinajstić information content (AvgIpc) is 2.86. The number of hydrogen-bond acceptors (Lipinski definition) is 7. The van der Waals surface area contributed by atoms with Crippen molar-refractivity contribution in [2.45, 2.75) is 76.5 Å². The Kier molecular flexibility index (Phi) is 10.8. The number of hydrogen-bond donors (Lipinski definition) is 2. The van der Waals surface area contributed by atoms with Gasteiger partial charge in [0.05, 0.1) is 10.6 Å². The molecular weight excluding hydrogens is 599 g/mol. The van der Waals surface area contributed by atoms with Crippen molar-refractivity contribution in [2.24, 2.45) is 0 Å². The van der Waals surface area contributed by atoms with Gasteiger partial charge in [-0.3, -0.25) is 9.69 Å². The van der Waals surface area contributed by atoms with Crippen LogP contribution in [-0.4, -0.2) is 62.2 Å². The molecule has 2 amide bonds. The molecule has 0 bridgehead atoms. The van der Waals surface area contributed by atoms with E-state index in [1.54, 1.807) is 20.8 Å². The summed E-state index contributed by atoms with van der Waals surface area (Å²) in [5.41, 5.74) is -0.323. The highest BCUT2D eigenvalue weighted by atomic mass is 35.5. The summed E-state index contributed by atoms with van der Waals surface area (Å²) in [4.78, 5) is 27.0. The molecule has 0 spiro atoms. The van der Waals surface area contributed by atoms with E-state index in [0.29, 0.717) is 25.9 Å². The van der Waals surface area contributed by atoms with Gasteiger partial charge in [-0.15, -0.1) is 13.2 Å². The molecule has 0 unspecified atom stereocenters. The minimum atomic E-state index is -5.00. The van der Waals surface area contributed by atoms with E-state index in [1.807, 2.05) is 4.90 Å². The van der Waals surface area contributed by atoms with Gasteiger partial charge in [0.25, 0.3) is 5.91 Å². The quantitative estimate of drug-likeness (QED) is 0.377. The van der Waals surface area contributed by atoms with Crippen LogP contribution in [0.25, 0.3) is 0 Å². The van der Waals surface area contributed by atoms with Gasteiger partial charge in [-0.1, -0.05) is 24.6 Å². The van der Waals surface area contributed by atoms with Gasteiger partial charge in [0.2, 0.25) is 0 Å². The lowest BCUT2D eigenvalue weighted by Gasteiger charge is -2.34. The summed E-state index contributed by atoms with van der Waals surface area (Å²) in [6, 6.07) is 7.69. The van der Waals surface area contributed by atoms with E-state index in [0.717, 1.165) is 6.07 Å². The van der Waals surface area contributed by atoms with Gasteiger partial charge < -0.3 is 20.1 Å². The molecule has 2 aromatic carbocycles. The zero-order valence-electron chi connectivity index (χ0n) is 23.8. The largest absolute Gasteiger partial charge is 0.573 e. The van der Waals surface area contributed by atoms with Crippen LogP contribution in [0.15, 0.2) is 41.3 Å². The number of alkyl carbamates (subject to hydrolysis) is 1. The first kappa shape index (κ1) is 33.5. The summed E-state index contributed by atoms with van der Waals surface area (Å²) >= 11 is 6.02. The van der Waals surface area contributed by atoms with Gasteiger partial charge in [-0.25, -0.2) is 13.2 Å². The Morgan fingerprint density at radius 1 is 1.10 bits per heavy atom. The molecular formula is C28H35ClF3N3O6S. The highest BCUT2D eigenvalue weighted by molar-refractivity contribution is 7.91. The summed E-state index contributed by atoms with van der Waals surface area (Å²) < 4.78 is 74.4. The smallest absolute Gasteiger partial charge is 0.444 e. The first-order valence-corrected chi connectivity index (χ1v) is 15.4. The zero-order chi connectivity index (χ0) is 31.3. The van der Waals surface area contributed by atoms with Gasteiger partial charge in [0, 0.05) is 41.8 Å². The molecule has 0 aromatic heterocycles. The number of benzene rings is 2. The molecule has 1 aliphatic rings. The monoisotopic (exact) mass is 633 g/mol. The second-order valence-corrected chi connectivity index (χ2v) is 13.6. The SMILES string of the molecule is CCS(=O)(=O)c1ccc(Cl)cc1CNC(=O)c1ccc(CN2CCC[C@@H](NC(=O)OC(C)(C)C)C2)c(OC(F)(F)F)c1. The van der Waals surface area contributed by atoms with Crippen molar-refractivity contribution in [3.8, 4) is 5.75 Å². The Labute approximate surface area is 248 Å². The molecule has 1 aliphatic heterocycles. The molecule has 0 radical (unpaired) electrons. The molecule has 232 valence electrons. The van der Waals surface area contributed by atoms with Crippen LogP contribution in [-0.2, 0) is 27.7 Å². The summed E-state index contributed by atoms with van der Waals surface area (Å²) in [5.74, 6) is -1.42. The fraction of sp³-hybridized carbons (Fsp3) is 0.500. The molecule has 0 saturated carbocycles. The van der Waals surface area contributed by atoms with Crippen LogP contribution in [0.1, 0.15) is 62.0 Å². The maximum atomic E-state index is 13.3. The summed E-state index contributed by atoms with van der Waals surface area (Å²) in [6.07, 6.45) is -4.18. The number of nitrogens with zero attached hydrogens (tertiary/aromatic N) is 1. The molecule has 0 aliphatic carbocycles. The van der Waals surface area contributed by atoms with Crippen LogP contribution in [0.2, 0.25) is 5.02 Å². The third kappa shape index (κ3) is 10.1. The highest BCUT2D eigenvalue weighted by Gasteiger charge is 2.33. The van der Waals surface area contributed by atoms with Gasteiger partial charge in [0.15, 0.2) is 9.84 Å². The number of rotatable bonds is 9. The number of carbonyl (C=O) groups excluding carboxylic acids is 2. The highest BCUT2D eigenvalue weighted by Crippen LogP contribution is 2.30. The number of nitrogens with one attached hydrogen (secondary N) is 2. The number of sulfone groups is 1. The van der Waals surface area contributed by atoms with Crippen molar-refractivity contribution in [1.29, 1.82) is 0 Å². The van der Waals surface area contributed by atoms with E-state index in [4.69, 9.17) is 16.3 Å². The van der Waals surface area contributed by atoms with Crippen molar-refractivity contribution in [3.63, 3.8) is 0 Å². The minimum Gasteiger partial charge on any atom is -0.444 e. The van der Waals surface area contributed by atoms with Crippen molar-refractivity contribution < 1.29 is 40.7 Å². The molecule has 14 heteroatoms. The molecule has 2 aromatic rings. The minimum absolute atomic E-state index is 0.00661. The van der Waals surface area contributed by atoms with E-state index < -0.39 is 39.6 Å². The number of likely N-dealkylation sites (tertiary alicyclic amines) is 1. The van der Waals surface area contributed by atoms with Crippen molar-refractivity contribution in [3.05, 3.63) is 58.1 Å². The third-order valence-corrected chi connectivity index (χ3v) is 8.42. The van der Waals surface area contributed by atoms with Gasteiger partial charge >= 0.3 is 12.5 Å². The maximum Gasteiger partial charge on any atom is 0.573 e. The first-order valence-electron chi connectivity index (χ1n) is 13.4. The van der Waals surface area contributed by atoms with Crippen molar-refractivity contribution in [2.75, 3.05) is 18.8 Å². The molecule has 9 nitrogen and oxygen atoms in total. The molecule has 1 saturated heterocycles. The third-order valence-electron chi connectivity index (χ3n) is 6.35. The van der Waals surface area contributed by atoms with Crippen LogP contribution in [0.5, 0.6) is 5.75 Å². The Morgan fingerprint density at radius 2 is 1.81 bits per heavy atom. The molecule has 1 heterocycles. The predicted molar refractivity (Wildman–Crippen MR) is 151 cm³/mol. The second kappa shape index (κ2) is 13.5. The van der Waals surface area contributed by atoms with Gasteiger partial charge in [0.1, 0.15) is 11.4 Å². The second-order valence-electron chi connectivity index (χ2n) is 10.9. The molecule has 3 rings (SSSR count). The number of halogens is 4. The Hall–Kier alpha value is -3.03. The number of alkyl halides is 3. The molecule has 1 fully saturated rings. The van der Waals surface area contributed by atoms with E-state index >= 15 is 0 Å². The summed E-state index contributed by atoms with van der Waals surface area (Å²) in [5, 5.41) is 5.62. The van der Waals surface area contributed by atoms with Crippen LogP contribution in [0.4, 0.5) is 18.0 Å². The van der Waals surface area contributed by atoms with Gasteiger partial charge in [-0.05, 0) is 76.1 Å². The van der Waals surface area contributed by atoms with Crippen molar-refractivity contribution >= 4 is 33.4 Å². The number of piperidine rings is 1. The molecule has 1 atom stereocenters. The van der Waals surface area contributed by atoms with E-state index in [1.165, 1.54) is 37.3 Å². The van der Waals surface area contributed by atoms with E-state index in [9.17, 15) is 31.2 Å². The first-order chi connectivity index (χ1) is 19.5. The lowest BCUT2D eigenvalue weighted by atomic mass is 10.0. The molecule has 2 N–H and O–H groups in total. The fourth-order valence-electron chi connectivity index (χ4n) is 4.50. The Bertz CT molecular complexity index is 1400. The maximum absolute atomic E-state index is 13.3. The fourth-order valence-corrected chi connectivity index (χ4v) is 5.81. The average molecular weight is 634 g/mol. The summed E-state index contributed by atoms with van der Waals surface area (Å²) in [7, 11) is -3.61. The normalized spacial score (nSPS) is 16.5. The standard InChI is InChI=1S/C28H35ClF3N3O6S/c1-5-42(38,39)24-11-10-21(29)13-20(24)15-33-25(36)18-8-9-19(23(14-18)40-28(30,31)32)16-35-12-6-7-22(17-35)34-26(37)41-27(2,3)4/h8-11,13-14,22H,5-7,12,15-17H2,1-4H3,(H,33,36)(H,34,37)/t22-/m1/s1. The Balaban J connectivity index is 1.75. The van der Waals surface area contributed by atoms with Crippen LogP contribution in [0, 0.1) is 0 Å².